The van der Waals surface area contributed by atoms with Crippen molar-refractivity contribution >= 4 is 34.5 Å². The summed E-state index contributed by atoms with van der Waals surface area (Å²) in [7, 11) is 3.12. The van der Waals surface area contributed by atoms with Gasteiger partial charge < -0.3 is 9.64 Å². The van der Waals surface area contributed by atoms with Gasteiger partial charge in [-0.15, -0.1) is 0 Å². The van der Waals surface area contributed by atoms with Crippen LogP contribution in [0, 0.1) is 5.92 Å². The number of hydrogen-bond donors (Lipinski definition) is 0. The van der Waals surface area contributed by atoms with Gasteiger partial charge in [-0.05, 0) is 43.7 Å². The van der Waals surface area contributed by atoms with Crippen LogP contribution in [-0.4, -0.2) is 52.3 Å². The van der Waals surface area contributed by atoms with Gasteiger partial charge in [0.05, 0.1) is 23.8 Å². The third-order valence-electron chi connectivity index (χ3n) is 5.59. The van der Waals surface area contributed by atoms with Crippen molar-refractivity contribution in [3.63, 3.8) is 0 Å². The van der Waals surface area contributed by atoms with E-state index in [2.05, 4.69) is 11.9 Å². The van der Waals surface area contributed by atoms with E-state index in [4.69, 9.17) is 4.74 Å². The summed E-state index contributed by atoms with van der Waals surface area (Å²) in [5.74, 6) is 0.347. The minimum absolute atomic E-state index is 0.00146. The Morgan fingerprint density at radius 2 is 1.93 bits per heavy atom. The summed E-state index contributed by atoms with van der Waals surface area (Å²) >= 11 is 1.18. The second-order valence-corrected chi connectivity index (χ2v) is 8.53. The van der Waals surface area contributed by atoms with E-state index in [1.165, 1.54) is 23.4 Å². The number of ether oxygens (including phenoxy) is 1. The fourth-order valence-electron chi connectivity index (χ4n) is 3.65. The first-order valence-electron chi connectivity index (χ1n) is 9.85. The van der Waals surface area contributed by atoms with Crippen LogP contribution >= 0.6 is 11.8 Å². The van der Waals surface area contributed by atoms with Crippen molar-refractivity contribution in [1.29, 1.82) is 0 Å². The molecular weight excluding hydrogens is 390 g/mol. The Bertz CT molecular complexity index is 951. The zero-order chi connectivity index (χ0) is 21.0. The van der Waals surface area contributed by atoms with Crippen molar-refractivity contribution < 1.29 is 14.3 Å². The van der Waals surface area contributed by atoms with Gasteiger partial charge in [-0.1, -0.05) is 30.8 Å². The second kappa shape index (κ2) is 9.43. The number of thioether (sulfide) groups is 1. The maximum atomic E-state index is 12.9. The van der Waals surface area contributed by atoms with Gasteiger partial charge in [0.2, 0.25) is 5.91 Å². The Hall–Kier alpha value is -2.35. The van der Waals surface area contributed by atoms with E-state index < -0.39 is 5.97 Å². The third-order valence-corrected chi connectivity index (χ3v) is 6.55. The molecule has 7 nitrogen and oxygen atoms in total. The Balaban J connectivity index is 1.79. The minimum Gasteiger partial charge on any atom is -0.468 e. The van der Waals surface area contributed by atoms with E-state index in [1.54, 1.807) is 24.3 Å². The molecule has 1 amide bonds. The van der Waals surface area contributed by atoms with Crippen LogP contribution in [0.5, 0.6) is 0 Å². The van der Waals surface area contributed by atoms with Crippen molar-refractivity contribution in [1.82, 2.24) is 14.5 Å². The molecule has 0 aliphatic heterocycles. The molecule has 1 aliphatic rings. The molecule has 0 spiro atoms. The summed E-state index contributed by atoms with van der Waals surface area (Å²) in [6.45, 7) is 2.01. The van der Waals surface area contributed by atoms with Crippen LogP contribution in [0.3, 0.4) is 0 Å². The lowest BCUT2D eigenvalue weighted by molar-refractivity contribution is -0.141. The fourth-order valence-corrected chi connectivity index (χ4v) is 4.57. The molecule has 0 unspecified atom stereocenters. The van der Waals surface area contributed by atoms with Crippen molar-refractivity contribution in [2.75, 3.05) is 19.9 Å². The smallest absolute Gasteiger partial charge is 0.325 e. The van der Waals surface area contributed by atoms with Crippen LogP contribution in [0.2, 0.25) is 0 Å². The van der Waals surface area contributed by atoms with E-state index >= 15 is 0 Å². The van der Waals surface area contributed by atoms with Crippen LogP contribution in [0.1, 0.15) is 32.6 Å². The van der Waals surface area contributed by atoms with Crippen LogP contribution in [0.4, 0.5) is 0 Å². The lowest BCUT2D eigenvalue weighted by atomic mass is 9.87. The number of aromatic nitrogens is 2. The van der Waals surface area contributed by atoms with Gasteiger partial charge in [-0.3, -0.25) is 19.0 Å². The molecule has 1 aromatic heterocycles. The van der Waals surface area contributed by atoms with Crippen LogP contribution in [0.15, 0.2) is 34.2 Å². The third kappa shape index (κ3) is 4.98. The fraction of sp³-hybridized carbons (Fsp3) is 0.524. The zero-order valence-electron chi connectivity index (χ0n) is 17.1. The molecule has 0 atom stereocenters. The molecule has 1 fully saturated rings. The van der Waals surface area contributed by atoms with Gasteiger partial charge in [-0.2, -0.15) is 0 Å². The normalized spacial score (nSPS) is 19.1. The highest BCUT2D eigenvalue weighted by molar-refractivity contribution is 7.99. The molecule has 1 aliphatic carbocycles. The Morgan fingerprint density at radius 1 is 1.24 bits per heavy atom. The van der Waals surface area contributed by atoms with E-state index in [0.717, 1.165) is 31.6 Å². The first-order chi connectivity index (χ1) is 13.9. The number of nitrogens with zero attached hydrogens (tertiary/aromatic N) is 3. The molecule has 1 heterocycles. The maximum Gasteiger partial charge on any atom is 0.325 e. The summed E-state index contributed by atoms with van der Waals surface area (Å²) in [5.41, 5.74) is 0.230. The number of carbonyl (C=O) groups excluding carboxylic acids is 2. The van der Waals surface area contributed by atoms with Gasteiger partial charge in [0.1, 0.15) is 6.54 Å². The van der Waals surface area contributed by atoms with Gasteiger partial charge in [0.15, 0.2) is 5.16 Å². The highest BCUT2D eigenvalue weighted by atomic mass is 32.2. The molecule has 8 heteroatoms. The number of carbonyl (C=O) groups is 2. The summed E-state index contributed by atoms with van der Waals surface area (Å²) in [6.07, 6.45) is 4.32. The summed E-state index contributed by atoms with van der Waals surface area (Å²) in [5, 5.41) is 0.777. The standard InChI is InChI=1S/C21H27N3O4S/c1-14-8-10-15(11-9-14)23(2)18(25)13-29-21-22-17-7-5-4-6-16(17)20(27)24(21)12-19(26)28-3/h4-7,14-15H,8-13H2,1-3H3. The number of fused-ring (bicyclic) bond motifs is 1. The molecule has 0 radical (unpaired) electrons. The quantitative estimate of drug-likeness (QED) is 0.408. The average Bonchev–Trinajstić information content (AvgIpc) is 2.74. The first-order valence-corrected chi connectivity index (χ1v) is 10.8. The van der Waals surface area contributed by atoms with Gasteiger partial charge >= 0.3 is 5.97 Å². The number of methoxy groups -OCH3 is 1. The molecule has 1 aromatic carbocycles. The van der Waals surface area contributed by atoms with Gasteiger partial charge in [0.25, 0.3) is 5.56 Å². The molecule has 29 heavy (non-hydrogen) atoms. The molecule has 156 valence electrons. The molecular formula is C21H27N3O4S. The maximum absolute atomic E-state index is 12.9. The number of rotatable bonds is 6. The van der Waals surface area contributed by atoms with Crippen LogP contribution < -0.4 is 5.56 Å². The molecule has 1 saturated carbocycles. The molecule has 0 saturated heterocycles. The predicted octanol–water partition coefficient (Wildman–Crippen LogP) is 2.70. The Labute approximate surface area is 174 Å². The number of hydrogen-bond acceptors (Lipinski definition) is 6. The largest absolute Gasteiger partial charge is 0.468 e. The number of amides is 1. The Kier molecular flexibility index (Phi) is 6.95. The van der Waals surface area contributed by atoms with Gasteiger partial charge in [0, 0.05) is 13.1 Å². The van der Waals surface area contributed by atoms with E-state index in [0.29, 0.717) is 16.1 Å². The summed E-state index contributed by atoms with van der Waals surface area (Å²) in [6, 6.07) is 7.25. The van der Waals surface area contributed by atoms with E-state index in [1.807, 2.05) is 11.9 Å². The lowest BCUT2D eigenvalue weighted by Gasteiger charge is -2.33. The zero-order valence-corrected chi connectivity index (χ0v) is 17.9. The number of esters is 1. The predicted molar refractivity (Wildman–Crippen MR) is 113 cm³/mol. The van der Waals surface area contributed by atoms with Crippen molar-refractivity contribution in [2.45, 2.75) is 50.4 Å². The Morgan fingerprint density at radius 3 is 2.62 bits per heavy atom. The van der Waals surface area contributed by atoms with E-state index in [9.17, 15) is 14.4 Å². The molecule has 2 aromatic rings. The highest BCUT2D eigenvalue weighted by Crippen LogP contribution is 2.27. The molecule has 3 rings (SSSR count). The average molecular weight is 418 g/mol. The molecule has 0 bridgehead atoms. The second-order valence-electron chi connectivity index (χ2n) is 7.59. The minimum atomic E-state index is -0.536. The lowest BCUT2D eigenvalue weighted by Crippen LogP contribution is -2.40. The van der Waals surface area contributed by atoms with Crippen LogP contribution in [-0.2, 0) is 20.9 Å². The van der Waals surface area contributed by atoms with Crippen molar-refractivity contribution in [3.8, 4) is 0 Å². The van der Waals surface area contributed by atoms with Gasteiger partial charge in [-0.25, -0.2) is 4.98 Å². The topological polar surface area (TPSA) is 81.5 Å². The molecule has 0 N–H and O–H groups in total. The van der Waals surface area contributed by atoms with Crippen LogP contribution in [0.25, 0.3) is 10.9 Å². The van der Waals surface area contributed by atoms with E-state index in [-0.39, 0.29) is 29.8 Å². The SMILES string of the molecule is COC(=O)Cn1c(SCC(=O)N(C)C2CCC(C)CC2)nc2ccccc2c1=O. The number of para-hydroxylation sites is 1. The number of benzene rings is 1. The summed E-state index contributed by atoms with van der Waals surface area (Å²) < 4.78 is 6.00. The first kappa shape index (κ1) is 21.4. The van der Waals surface area contributed by atoms with Crippen molar-refractivity contribution in [2.24, 2.45) is 5.92 Å². The summed E-state index contributed by atoms with van der Waals surface area (Å²) in [4.78, 5) is 43.8. The highest BCUT2D eigenvalue weighted by Gasteiger charge is 2.25. The monoisotopic (exact) mass is 417 g/mol. The van der Waals surface area contributed by atoms with Crippen molar-refractivity contribution in [3.05, 3.63) is 34.6 Å².